The molecule has 11 heteroatoms. The standard InChI is InChI=1S/C26H23N3O8/c1-34-19-13-15(14-20(35-2)23(19)36-3)22-21-24(37-28(22)17-7-5-4-6-8-17)26(31)27(25(21)30)16-9-11-18(12-10-16)29(32)33/h4-14,21-22,24H,1-3H3/t21-,22+,24+/m1/s1. The van der Waals surface area contributed by atoms with Gasteiger partial charge in [-0.2, -0.15) is 0 Å². The Kier molecular flexibility index (Phi) is 6.14. The molecule has 0 aliphatic carbocycles. The summed E-state index contributed by atoms with van der Waals surface area (Å²) < 4.78 is 16.5. The van der Waals surface area contributed by atoms with Gasteiger partial charge >= 0.3 is 0 Å². The molecule has 2 fully saturated rings. The fourth-order valence-electron chi connectivity index (χ4n) is 4.80. The number of amides is 2. The van der Waals surface area contributed by atoms with Gasteiger partial charge < -0.3 is 14.2 Å². The Morgan fingerprint density at radius 3 is 2.00 bits per heavy atom. The quantitative estimate of drug-likeness (QED) is 0.269. The summed E-state index contributed by atoms with van der Waals surface area (Å²) in [5.74, 6) is -0.794. The fourth-order valence-corrected chi connectivity index (χ4v) is 4.80. The first kappa shape index (κ1) is 24.1. The number of nitrogens with zero attached hydrogens (tertiary/aromatic N) is 3. The molecule has 2 aliphatic rings. The van der Waals surface area contributed by atoms with E-state index < -0.39 is 34.8 Å². The molecule has 11 nitrogen and oxygen atoms in total. The molecule has 0 saturated carbocycles. The van der Waals surface area contributed by atoms with Gasteiger partial charge in [-0.3, -0.25) is 24.5 Å². The van der Waals surface area contributed by atoms with Crippen LogP contribution in [0.3, 0.4) is 0 Å². The normalized spacial score (nSPS) is 20.7. The van der Waals surface area contributed by atoms with Crippen molar-refractivity contribution < 1.29 is 33.6 Å². The minimum atomic E-state index is -1.10. The third kappa shape index (κ3) is 3.89. The summed E-state index contributed by atoms with van der Waals surface area (Å²) in [6, 6.07) is 17.1. The van der Waals surface area contributed by atoms with Crippen molar-refractivity contribution in [2.45, 2.75) is 12.1 Å². The van der Waals surface area contributed by atoms with Gasteiger partial charge in [-0.25, -0.2) is 9.96 Å². The summed E-state index contributed by atoms with van der Waals surface area (Å²) in [7, 11) is 4.47. The molecule has 2 aliphatic heterocycles. The van der Waals surface area contributed by atoms with Gasteiger partial charge in [0.25, 0.3) is 11.6 Å². The van der Waals surface area contributed by atoms with E-state index in [9.17, 15) is 19.7 Å². The number of benzene rings is 3. The van der Waals surface area contributed by atoms with Crippen molar-refractivity contribution >= 4 is 28.9 Å². The number of imide groups is 1. The molecule has 190 valence electrons. The summed E-state index contributed by atoms with van der Waals surface area (Å²) in [6.07, 6.45) is -1.10. The van der Waals surface area contributed by atoms with Crippen LogP contribution in [0, 0.1) is 16.0 Å². The number of hydrogen-bond acceptors (Lipinski definition) is 9. The number of rotatable bonds is 7. The Morgan fingerprint density at radius 1 is 0.838 bits per heavy atom. The van der Waals surface area contributed by atoms with Gasteiger partial charge in [-0.1, -0.05) is 18.2 Å². The second-order valence-corrected chi connectivity index (χ2v) is 8.40. The van der Waals surface area contributed by atoms with E-state index in [1.807, 2.05) is 30.3 Å². The van der Waals surface area contributed by atoms with E-state index in [4.69, 9.17) is 19.0 Å². The highest BCUT2D eigenvalue weighted by Gasteiger charge is 2.60. The average Bonchev–Trinajstić information content (AvgIpc) is 3.43. The summed E-state index contributed by atoms with van der Waals surface area (Å²) in [5.41, 5.74) is 1.34. The number of nitro benzene ring substituents is 1. The van der Waals surface area contributed by atoms with Crippen molar-refractivity contribution in [1.82, 2.24) is 0 Å². The predicted molar refractivity (Wildman–Crippen MR) is 132 cm³/mol. The maximum Gasteiger partial charge on any atom is 0.269 e. The van der Waals surface area contributed by atoms with Crippen LogP contribution in [0.2, 0.25) is 0 Å². The highest BCUT2D eigenvalue weighted by Crippen LogP contribution is 2.50. The van der Waals surface area contributed by atoms with Gasteiger partial charge in [-0.15, -0.1) is 0 Å². The predicted octanol–water partition coefficient (Wildman–Crippen LogP) is 3.67. The Morgan fingerprint density at radius 2 is 1.46 bits per heavy atom. The second-order valence-electron chi connectivity index (χ2n) is 8.40. The van der Waals surface area contributed by atoms with Crippen LogP contribution in [0.5, 0.6) is 17.2 Å². The van der Waals surface area contributed by atoms with Gasteiger partial charge in [0, 0.05) is 12.1 Å². The molecule has 0 bridgehead atoms. The van der Waals surface area contributed by atoms with Crippen molar-refractivity contribution in [3.8, 4) is 17.2 Å². The highest BCUT2D eigenvalue weighted by molar-refractivity contribution is 6.24. The number of methoxy groups -OCH3 is 3. The number of hydrogen-bond donors (Lipinski definition) is 0. The van der Waals surface area contributed by atoms with E-state index in [2.05, 4.69) is 0 Å². The van der Waals surface area contributed by atoms with Gasteiger partial charge in [-0.05, 0) is 42.0 Å². The number of para-hydroxylation sites is 1. The molecule has 37 heavy (non-hydrogen) atoms. The minimum absolute atomic E-state index is 0.148. The molecule has 3 aromatic rings. The van der Waals surface area contributed by atoms with Crippen LogP contribution in [0.4, 0.5) is 17.1 Å². The third-order valence-corrected chi connectivity index (χ3v) is 6.47. The number of fused-ring (bicyclic) bond motifs is 1. The number of nitro groups is 1. The molecule has 0 aromatic heterocycles. The third-order valence-electron chi connectivity index (χ3n) is 6.47. The first-order valence-electron chi connectivity index (χ1n) is 11.3. The lowest BCUT2D eigenvalue weighted by atomic mass is 9.90. The second kappa shape index (κ2) is 9.43. The zero-order chi connectivity index (χ0) is 26.3. The zero-order valence-corrected chi connectivity index (χ0v) is 20.2. The fraction of sp³-hybridized carbons (Fsp3) is 0.231. The number of carbonyl (C=O) groups excluding carboxylic acids is 2. The van der Waals surface area contributed by atoms with Crippen molar-refractivity contribution in [3.05, 3.63) is 82.4 Å². The maximum atomic E-state index is 13.8. The molecule has 2 saturated heterocycles. The van der Waals surface area contributed by atoms with Gasteiger partial charge in [0.15, 0.2) is 17.6 Å². The van der Waals surface area contributed by atoms with Gasteiger partial charge in [0.05, 0.1) is 43.7 Å². The van der Waals surface area contributed by atoms with E-state index in [0.29, 0.717) is 28.5 Å². The van der Waals surface area contributed by atoms with Crippen molar-refractivity contribution in [2.24, 2.45) is 5.92 Å². The highest BCUT2D eigenvalue weighted by atomic mass is 16.7. The van der Waals surface area contributed by atoms with Crippen LogP contribution in [-0.2, 0) is 14.4 Å². The summed E-state index contributed by atoms with van der Waals surface area (Å²) in [4.78, 5) is 44.9. The SMILES string of the molecule is COc1cc([C@H]2[C@H]3C(=O)N(c4ccc([N+](=O)[O-])cc4)C(=O)[C@H]3ON2c2ccccc2)cc(OC)c1OC. The van der Waals surface area contributed by atoms with Crippen LogP contribution in [0.25, 0.3) is 0 Å². The van der Waals surface area contributed by atoms with E-state index in [1.165, 1.54) is 45.6 Å². The van der Waals surface area contributed by atoms with Crippen LogP contribution < -0.4 is 24.2 Å². The summed E-state index contributed by atoms with van der Waals surface area (Å²) in [5, 5.41) is 12.6. The molecule has 2 heterocycles. The molecule has 0 spiro atoms. The Bertz CT molecular complexity index is 1340. The molecule has 3 atom stereocenters. The topological polar surface area (TPSA) is 121 Å². The minimum Gasteiger partial charge on any atom is -0.493 e. The van der Waals surface area contributed by atoms with Crippen molar-refractivity contribution in [1.29, 1.82) is 0 Å². The molecule has 2 amide bonds. The molecule has 0 unspecified atom stereocenters. The van der Waals surface area contributed by atoms with E-state index >= 15 is 0 Å². The molecule has 0 N–H and O–H groups in total. The average molecular weight is 505 g/mol. The number of ether oxygens (including phenoxy) is 3. The molecule has 0 radical (unpaired) electrons. The lowest BCUT2D eigenvalue weighted by Gasteiger charge is -2.29. The summed E-state index contributed by atoms with van der Waals surface area (Å²) >= 11 is 0. The smallest absolute Gasteiger partial charge is 0.269 e. The largest absolute Gasteiger partial charge is 0.493 e. The maximum absolute atomic E-state index is 13.8. The van der Waals surface area contributed by atoms with Gasteiger partial charge in [0.2, 0.25) is 11.7 Å². The first-order chi connectivity index (χ1) is 17.9. The Hall–Kier alpha value is -4.64. The van der Waals surface area contributed by atoms with Crippen molar-refractivity contribution in [2.75, 3.05) is 31.3 Å². The molecule has 5 rings (SSSR count). The van der Waals surface area contributed by atoms with Crippen LogP contribution in [0.15, 0.2) is 66.7 Å². The number of carbonyl (C=O) groups is 2. The van der Waals surface area contributed by atoms with E-state index in [0.717, 1.165) is 4.90 Å². The Balaban J connectivity index is 1.61. The number of hydroxylamine groups is 1. The molecular formula is C26H23N3O8. The summed E-state index contributed by atoms with van der Waals surface area (Å²) in [6.45, 7) is 0. The Labute approximate surface area is 211 Å². The van der Waals surface area contributed by atoms with Crippen LogP contribution >= 0.6 is 0 Å². The monoisotopic (exact) mass is 505 g/mol. The van der Waals surface area contributed by atoms with Gasteiger partial charge in [0.1, 0.15) is 5.92 Å². The first-order valence-corrected chi connectivity index (χ1v) is 11.3. The van der Waals surface area contributed by atoms with Crippen LogP contribution in [0.1, 0.15) is 11.6 Å². The number of non-ortho nitro benzene ring substituents is 1. The van der Waals surface area contributed by atoms with Crippen molar-refractivity contribution in [3.63, 3.8) is 0 Å². The lowest BCUT2D eigenvalue weighted by molar-refractivity contribution is -0.384. The molecule has 3 aromatic carbocycles. The van der Waals surface area contributed by atoms with Crippen LogP contribution in [-0.4, -0.2) is 44.2 Å². The number of anilines is 2. The van der Waals surface area contributed by atoms with E-state index in [1.54, 1.807) is 17.2 Å². The lowest BCUT2D eigenvalue weighted by Crippen LogP contribution is -2.37. The molecular weight excluding hydrogens is 482 g/mol. The zero-order valence-electron chi connectivity index (χ0n) is 20.2. The van der Waals surface area contributed by atoms with E-state index in [-0.39, 0.29) is 11.4 Å².